The zero-order valence-corrected chi connectivity index (χ0v) is 18.3. The maximum Gasteiger partial charge on any atom is 0.340 e. The predicted octanol–water partition coefficient (Wildman–Crippen LogP) is 3.20. The zero-order chi connectivity index (χ0) is 21.9. The van der Waals surface area contributed by atoms with E-state index in [0.29, 0.717) is 23.6 Å². The van der Waals surface area contributed by atoms with Crippen molar-refractivity contribution in [2.24, 2.45) is 4.36 Å². The van der Waals surface area contributed by atoms with Crippen molar-refractivity contribution in [2.45, 2.75) is 46.6 Å². The molecule has 30 heavy (non-hydrogen) atoms. The Hall–Kier alpha value is -2.68. The van der Waals surface area contributed by atoms with E-state index >= 15 is 0 Å². The lowest BCUT2D eigenvalue weighted by Crippen LogP contribution is -2.22. The van der Waals surface area contributed by atoms with E-state index in [2.05, 4.69) is 9.46 Å². The van der Waals surface area contributed by atoms with Gasteiger partial charge in [-0.3, -0.25) is 14.3 Å². The summed E-state index contributed by atoms with van der Waals surface area (Å²) in [6.45, 7) is 5.75. The van der Waals surface area contributed by atoms with Crippen LogP contribution in [0.3, 0.4) is 0 Å². The second-order valence-electron chi connectivity index (χ2n) is 7.25. The molecule has 1 aliphatic rings. The smallest absolute Gasteiger partial charge is 0.340 e. The standard InChI is InChI=1S/C21H27N3O5S/c1-4-24-20(26)17(13-22-24)19(25)15-9-10-16(21(27)29-5-2)18(14(15)3)23-30(28)11-7-6-8-12-30/h9-10,13,22H,4-8,11-12H2,1-3H3. The van der Waals surface area contributed by atoms with E-state index in [1.165, 1.54) is 23.0 Å². The van der Waals surface area contributed by atoms with Gasteiger partial charge in [-0.1, -0.05) is 6.42 Å². The third-order valence-corrected chi connectivity index (χ3v) is 7.62. The highest BCUT2D eigenvalue weighted by molar-refractivity contribution is 7.93. The maximum atomic E-state index is 13.2. The van der Waals surface area contributed by atoms with Gasteiger partial charge in [0.2, 0.25) is 5.78 Å². The second-order valence-corrected chi connectivity index (χ2v) is 9.80. The molecule has 0 aliphatic carbocycles. The van der Waals surface area contributed by atoms with E-state index in [9.17, 15) is 18.6 Å². The number of ether oxygens (including phenoxy) is 1. The largest absolute Gasteiger partial charge is 0.462 e. The summed E-state index contributed by atoms with van der Waals surface area (Å²) >= 11 is 0. The highest BCUT2D eigenvalue weighted by atomic mass is 32.2. The second kappa shape index (κ2) is 8.99. The van der Waals surface area contributed by atoms with Crippen LogP contribution < -0.4 is 5.56 Å². The number of hydrogen-bond acceptors (Lipinski definition) is 6. The molecule has 1 fully saturated rings. The molecular formula is C21H27N3O5S. The molecule has 2 heterocycles. The fourth-order valence-corrected chi connectivity index (χ4v) is 5.85. The number of nitrogens with zero attached hydrogens (tertiary/aromatic N) is 2. The molecule has 162 valence electrons. The summed E-state index contributed by atoms with van der Waals surface area (Å²) in [5.41, 5.74) is 0.670. The third-order valence-electron chi connectivity index (χ3n) is 5.26. The van der Waals surface area contributed by atoms with Crippen LogP contribution in [0.4, 0.5) is 5.69 Å². The molecule has 3 rings (SSSR count). The first-order chi connectivity index (χ1) is 14.3. The molecule has 0 spiro atoms. The van der Waals surface area contributed by atoms with Crippen molar-refractivity contribution in [1.29, 1.82) is 0 Å². The highest BCUT2D eigenvalue weighted by Crippen LogP contribution is 2.32. The van der Waals surface area contributed by atoms with Gasteiger partial charge in [0.05, 0.1) is 27.6 Å². The Kier molecular flexibility index (Phi) is 6.60. The molecule has 2 aromatic rings. The van der Waals surface area contributed by atoms with Gasteiger partial charge in [-0.2, -0.15) is 4.36 Å². The van der Waals surface area contributed by atoms with E-state index in [1.54, 1.807) is 20.8 Å². The summed E-state index contributed by atoms with van der Waals surface area (Å²) in [5.74, 6) is -0.115. The van der Waals surface area contributed by atoms with Gasteiger partial charge >= 0.3 is 5.97 Å². The molecule has 0 unspecified atom stereocenters. The van der Waals surface area contributed by atoms with Gasteiger partial charge in [0.25, 0.3) is 5.56 Å². The number of aryl methyl sites for hydroxylation is 1. The van der Waals surface area contributed by atoms with Crippen molar-refractivity contribution >= 4 is 27.2 Å². The van der Waals surface area contributed by atoms with Crippen LogP contribution in [0.15, 0.2) is 27.5 Å². The molecule has 1 aromatic carbocycles. The van der Waals surface area contributed by atoms with Crippen LogP contribution in [-0.2, 0) is 21.0 Å². The van der Waals surface area contributed by atoms with E-state index in [1.807, 2.05) is 0 Å². The lowest BCUT2D eigenvalue weighted by atomic mass is 9.97. The van der Waals surface area contributed by atoms with Crippen LogP contribution in [0.25, 0.3) is 0 Å². The summed E-state index contributed by atoms with van der Waals surface area (Å²) in [6, 6.07) is 2.97. The minimum Gasteiger partial charge on any atom is -0.462 e. The van der Waals surface area contributed by atoms with Crippen LogP contribution in [0.2, 0.25) is 0 Å². The molecule has 9 heteroatoms. The van der Waals surface area contributed by atoms with E-state index in [4.69, 9.17) is 4.74 Å². The number of ketones is 1. The van der Waals surface area contributed by atoms with E-state index in [0.717, 1.165) is 19.3 Å². The monoisotopic (exact) mass is 433 g/mol. The third kappa shape index (κ3) is 4.26. The van der Waals surface area contributed by atoms with Crippen molar-refractivity contribution in [3.8, 4) is 0 Å². The van der Waals surface area contributed by atoms with Crippen LogP contribution in [0.1, 0.15) is 65.0 Å². The Morgan fingerprint density at radius 2 is 1.80 bits per heavy atom. The SMILES string of the molecule is CCOC(=O)c1ccc(C(=O)c2c[nH]n(CC)c2=O)c(C)c1N=S1(=O)CCCCC1. The minimum absolute atomic E-state index is 0.0108. The van der Waals surface area contributed by atoms with Gasteiger partial charge in [0, 0.05) is 29.8 Å². The number of benzene rings is 1. The average Bonchev–Trinajstić information content (AvgIpc) is 3.10. The number of hydrogen-bond donors (Lipinski definition) is 1. The lowest BCUT2D eigenvalue weighted by molar-refractivity contribution is 0.0527. The van der Waals surface area contributed by atoms with Crippen LogP contribution in [0.5, 0.6) is 0 Å². The zero-order valence-electron chi connectivity index (χ0n) is 17.5. The van der Waals surface area contributed by atoms with Crippen molar-refractivity contribution in [1.82, 2.24) is 9.78 Å². The first kappa shape index (κ1) is 22.0. The summed E-state index contributed by atoms with van der Waals surface area (Å²) in [7, 11) is -2.52. The Labute approximate surface area is 175 Å². The molecule has 0 radical (unpaired) electrons. The molecule has 1 aliphatic heterocycles. The molecule has 0 amide bonds. The van der Waals surface area contributed by atoms with Gasteiger partial charge in [0.15, 0.2) is 0 Å². The molecule has 0 bridgehead atoms. The van der Waals surface area contributed by atoms with E-state index in [-0.39, 0.29) is 29.0 Å². The van der Waals surface area contributed by atoms with E-state index < -0.39 is 27.0 Å². The van der Waals surface area contributed by atoms with Crippen LogP contribution >= 0.6 is 0 Å². The van der Waals surface area contributed by atoms with Gasteiger partial charge in [-0.05, 0) is 51.3 Å². The molecule has 1 aromatic heterocycles. The number of esters is 1. The lowest BCUT2D eigenvalue weighted by Gasteiger charge is -2.18. The van der Waals surface area contributed by atoms with Crippen molar-refractivity contribution in [3.05, 3.63) is 50.9 Å². The Morgan fingerprint density at radius 1 is 1.13 bits per heavy atom. The number of aromatic amines is 1. The number of rotatable bonds is 6. The van der Waals surface area contributed by atoms with Gasteiger partial charge < -0.3 is 9.84 Å². The van der Waals surface area contributed by atoms with Crippen molar-refractivity contribution < 1.29 is 18.5 Å². The number of carbonyl (C=O) groups is 2. The van der Waals surface area contributed by atoms with Gasteiger partial charge in [-0.15, -0.1) is 0 Å². The number of carbonyl (C=O) groups excluding carboxylic acids is 2. The fourth-order valence-electron chi connectivity index (χ4n) is 3.58. The molecule has 1 N–H and O–H groups in total. The quantitative estimate of drug-likeness (QED) is 0.556. The predicted molar refractivity (Wildman–Crippen MR) is 115 cm³/mol. The summed E-state index contributed by atoms with van der Waals surface area (Å²) in [4.78, 5) is 38.0. The van der Waals surface area contributed by atoms with Gasteiger partial charge in [0.1, 0.15) is 5.56 Å². The minimum atomic E-state index is -2.52. The maximum absolute atomic E-state index is 13.2. The summed E-state index contributed by atoms with van der Waals surface area (Å²) in [6.07, 6.45) is 4.01. The topological polar surface area (TPSA) is 111 Å². The molecule has 8 nitrogen and oxygen atoms in total. The molecular weight excluding hydrogens is 406 g/mol. The normalized spacial score (nSPS) is 15.6. The Bertz CT molecular complexity index is 1140. The molecule has 0 atom stereocenters. The molecule has 0 saturated carbocycles. The summed E-state index contributed by atoms with van der Waals surface area (Å²) < 4.78 is 24.2. The van der Waals surface area contributed by atoms with Crippen LogP contribution in [0, 0.1) is 6.92 Å². The van der Waals surface area contributed by atoms with Crippen molar-refractivity contribution in [3.63, 3.8) is 0 Å². The first-order valence-corrected chi connectivity index (χ1v) is 12.0. The first-order valence-electron chi connectivity index (χ1n) is 10.2. The Balaban J connectivity index is 2.17. The summed E-state index contributed by atoms with van der Waals surface area (Å²) in [5, 5.41) is 2.77. The van der Waals surface area contributed by atoms with Crippen LogP contribution in [-0.4, -0.2) is 43.9 Å². The number of H-pyrrole nitrogens is 1. The van der Waals surface area contributed by atoms with Gasteiger partial charge in [-0.25, -0.2) is 9.00 Å². The highest BCUT2D eigenvalue weighted by Gasteiger charge is 2.25. The number of nitrogens with one attached hydrogen (secondary N) is 1. The fraction of sp³-hybridized carbons (Fsp3) is 0.476. The van der Waals surface area contributed by atoms with Crippen molar-refractivity contribution in [2.75, 3.05) is 18.1 Å². The Morgan fingerprint density at radius 3 is 2.40 bits per heavy atom. The average molecular weight is 434 g/mol. The molecule has 1 saturated heterocycles. The number of aromatic nitrogens is 2.